The average Bonchev–Trinajstić information content (AvgIpc) is 3.37. The van der Waals surface area contributed by atoms with Crippen molar-refractivity contribution in [1.29, 1.82) is 0 Å². The molecule has 3 aromatic rings. The Bertz CT molecular complexity index is 989. The highest BCUT2D eigenvalue weighted by atomic mass is 16.2. The van der Waals surface area contributed by atoms with Crippen LogP contribution in [0.1, 0.15) is 37.2 Å². The van der Waals surface area contributed by atoms with Gasteiger partial charge in [-0.3, -0.25) is 9.59 Å². The van der Waals surface area contributed by atoms with E-state index in [4.69, 9.17) is 0 Å². The minimum Gasteiger partial charge on any atom is -0.309 e. The van der Waals surface area contributed by atoms with Crippen LogP contribution < -0.4 is 10.9 Å². The Labute approximate surface area is 142 Å². The molecule has 9 heteroatoms. The molecule has 1 saturated carbocycles. The van der Waals surface area contributed by atoms with Gasteiger partial charge >= 0.3 is 0 Å². The highest BCUT2D eigenvalue weighted by Crippen LogP contribution is 2.39. The van der Waals surface area contributed by atoms with Crippen molar-refractivity contribution in [2.75, 3.05) is 5.32 Å². The number of hydrogen-bond donors (Lipinski definition) is 1. The van der Waals surface area contributed by atoms with E-state index in [0.29, 0.717) is 29.5 Å². The molecule has 1 aliphatic rings. The van der Waals surface area contributed by atoms with Gasteiger partial charge in [0.25, 0.3) is 5.56 Å². The number of amides is 1. The molecule has 9 nitrogen and oxygen atoms in total. The van der Waals surface area contributed by atoms with Crippen LogP contribution in [0.3, 0.4) is 0 Å². The van der Waals surface area contributed by atoms with Gasteiger partial charge < -0.3 is 5.32 Å². The molecule has 3 aromatic heterocycles. The van der Waals surface area contributed by atoms with Gasteiger partial charge in [0.15, 0.2) is 5.82 Å². The Morgan fingerprint density at radius 2 is 2.20 bits per heavy atom. The first-order valence-corrected chi connectivity index (χ1v) is 8.21. The van der Waals surface area contributed by atoms with Gasteiger partial charge in [-0.15, -0.1) is 0 Å². The van der Waals surface area contributed by atoms with Crippen LogP contribution in [-0.2, 0) is 17.8 Å². The molecule has 0 spiro atoms. The third kappa shape index (κ3) is 3.00. The predicted octanol–water partition coefficient (Wildman–Crippen LogP) is 0.759. The van der Waals surface area contributed by atoms with Gasteiger partial charge in [-0.05, 0) is 25.0 Å². The van der Waals surface area contributed by atoms with Crippen molar-refractivity contribution in [1.82, 2.24) is 29.4 Å². The molecule has 0 saturated heterocycles. The number of carbonyl (C=O) groups is 1. The molecular weight excluding hydrogens is 322 g/mol. The Morgan fingerprint density at radius 3 is 2.88 bits per heavy atom. The van der Waals surface area contributed by atoms with Gasteiger partial charge in [-0.25, -0.2) is 19.2 Å². The molecule has 0 aliphatic heterocycles. The molecule has 4 rings (SSSR count). The van der Waals surface area contributed by atoms with E-state index in [1.165, 1.54) is 17.2 Å². The summed E-state index contributed by atoms with van der Waals surface area (Å²) in [5.74, 6) is 1.10. The summed E-state index contributed by atoms with van der Waals surface area (Å²) < 4.78 is 2.79. The minimum atomic E-state index is -0.373. The third-order valence-corrected chi connectivity index (χ3v) is 4.12. The van der Waals surface area contributed by atoms with Gasteiger partial charge in [0.1, 0.15) is 24.2 Å². The number of aryl methyl sites for hydroxylation is 1. The van der Waals surface area contributed by atoms with Crippen molar-refractivity contribution < 1.29 is 4.79 Å². The zero-order valence-corrected chi connectivity index (χ0v) is 13.7. The minimum absolute atomic E-state index is 0.184. The van der Waals surface area contributed by atoms with Crippen molar-refractivity contribution in [2.45, 2.75) is 38.6 Å². The monoisotopic (exact) mass is 339 g/mol. The quantitative estimate of drug-likeness (QED) is 0.735. The lowest BCUT2D eigenvalue weighted by Gasteiger charge is -2.08. The Kier molecular flexibility index (Phi) is 3.75. The van der Waals surface area contributed by atoms with Gasteiger partial charge in [-0.1, -0.05) is 6.92 Å². The second kappa shape index (κ2) is 6.08. The summed E-state index contributed by atoms with van der Waals surface area (Å²) in [6.07, 6.45) is 5.69. The Morgan fingerprint density at radius 1 is 1.36 bits per heavy atom. The predicted molar refractivity (Wildman–Crippen MR) is 89.3 cm³/mol. The number of nitrogens with one attached hydrogen (secondary N) is 1. The van der Waals surface area contributed by atoms with Crippen molar-refractivity contribution in [2.24, 2.45) is 0 Å². The van der Waals surface area contributed by atoms with E-state index in [1.54, 1.807) is 10.6 Å². The van der Waals surface area contributed by atoms with Crippen LogP contribution in [-0.4, -0.2) is 35.3 Å². The summed E-state index contributed by atoms with van der Waals surface area (Å²) in [6, 6.07) is 3.40. The molecule has 0 unspecified atom stereocenters. The molecule has 0 atom stereocenters. The van der Waals surface area contributed by atoms with E-state index in [9.17, 15) is 9.59 Å². The maximum absolute atomic E-state index is 12.7. The van der Waals surface area contributed by atoms with Gasteiger partial charge in [0.2, 0.25) is 5.91 Å². The van der Waals surface area contributed by atoms with E-state index >= 15 is 0 Å². The zero-order chi connectivity index (χ0) is 17.4. The number of nitrogens with zero attached hydrogens (tertiary/aromatic N) is 6. The summed E-state index contributed by atoms with van der Waals surface area (Å²) in [6.45, 7) is 1.76. The van der Waals surface area contributed by atoms with Crippen LogP contribution in [0.15, 0.2) is 29.5 Å². The van der Waals surface area contributed by atoms with E-state index in [-0.39, 0.29) is 18.0 Å². The van der Waals surface area contributed by atoms with Crippen LogP contribution in [0, 0.1) is 0 Å². The fourth-order valence-electron chi connectivity index (χ4n) is 2.70. The number of hydrogen-bond acceptors (Lipinski definition) is 6. The number of aromatic nitrogens is 6. The Hall–Kier alpha value is -3.10. The van der Waals surface area contributed by atoms with Crippen LogP contribution in [0.25, 0.3) is 5.52 Å². The lowest BCUT2D eigenvalue weighted by atomic mass is 10.3. The van der Waals surface area contributed by atoms with Crippen molar-refractivity contribution in [3.8, 4) is 0 Å². The summed E-state index contributed by atoms with van der Waals surface area (Å²) in [7, 11) is 0. The molecule has 128 valence electrons. The summed E-state index contributed by atoms with van der Waals surface area (Å²) >= 11 is 0. The molecule has 3 heterocycles. The molecule has 1 N–H and O–H groups in total. The first-order chi connectivity index (χ1) is 12.2. The number of fused-ring (bicyclic) bond motifs is 1. The zero-order valence-electron chi connectivity index (χ0n) is 13.7. The van der Waals surface area contributed by atoms with Crippen LogP contribution in [0.5, 0.6) is 0 Å². The molecule has 0 bridgehead atoms. The van der Waals surface area contributed by atoms with Crippen molar-refractivity contribution >= 4 is 17.2 Å². The lowest BCUT2D eigenvalue weighted by molar-refractivity contribution is -0.117. The van der Waals surface area contributed by atoms with Crippen LogP contribution >= 0.6 is 0 Å². The normalized spacial score (nSPS) is 14.0. The topological polar surface area (TPSA) is 107 Å². The SMILES string of the molecule is CCc1nn(CC(=O)Nc2ccncn2)c(=O)c2cc(C3CC3)nn12. The number of carbonyl (C=O) groups excluding carboxylic acids is 1. The van der Waals surface area contributed by atoms with Crippen LogP contribution in [0.4, 0.5) is 5.82 Å². The third-order valence-electron chi connectivity index (χ3n) is 4.12. The van der Waals surface area contributed by atoms with E-state index < -0.39 is 0 Å². The van der Waals surface area contributed by atoms with E-state index in [0.717, 1.165) is 18.5 Å². The first kappa shape index (κ1) is 15.4. The average molecular weight is 339 g/mol. The number of anilines is 1. The molecule has 0 aromatic carbocycles. The van der Waals surface area contributed by atoms with Crippen molar-refractivity contribution in [3.05, 3.63) is 46.5 Å². The molecule has 1 aliphatic carbocycles. The largest absolute Gasteiger partial charge is 0.309 e. The molecular formula is C16H17N7O2. The standard InChI is InChI=1S/C16H17N7O2/c1-2-14-21-22(8-15(24)19-13-5-6-17-9-18-13)16(25)12-7-11(10-3-4-10)20-23(12)14/h5-7,9-10H,2-4,8H2,1H3,(H,17,18,19,24). The highest BCUT2D eigenvalue weighted by Gasteiger charge is 2.27. The highest BCUT2D eigenvalue weighted by molar-refractivity contribution is 5.89. The summed E-state index contributed by atoms with van der Waals surface area (Å²) in [5, 5.41) is 11.4. The van der Waals surface area contributed by atoms with Gasteiger partial charge in [-0.2, -0.15) is 10.2 Å². The summed E-state index contributed by atoms with van der Waals surface area (Å²) in [5.41, 5.74) is 1.06. The molecule has 1 amide bonds. The van der Waals surface area contributed by atoms with Crippen LogP contribution in [0.2, 0.25) is 0 Å². The second-order valence-corrected chi connectivity index (χ2v) is 6.02. The maximum atomic E-state index is 12.7. The summed E-state index contributed by atoms with van der Waals surface area (Å²) in [4.78, 5) is 32.6. The molecule has 1 fully saturated rings. The maximum Gasteiger partial charge on any atom is 0.293 e. The number of rotatable bonds is 5. The van der Waals surface area contributed by atoms with E-state index in [2.05, 4.69) is 25.5 Å². The smallest absolute Gasteiger partial charge is 0.293 e. The Balaban J connectivity index is 1.66. The first-order valence-electron chi connectivity index (χ1n) is 8.21. The van der Waals surface area contributed by atoms with Gasteiger partial charge in [0.05, 0.1) is 5.69 Å². The second-order valence-electron chi connectivity index (χ2n) is 6.02. The molecule has 0 radical (unpaired) electrons. The van der Waals surface area contributed by atoms with Crippen molar-refractivity contribution in [3.63, 3.8) is 0 Å². The van der Waals surface area contributed by atoms with Gasteiger partial charge in [0, 0.05) is 18.5 Å². The molecule has 25 heavy (non-hydrogen) atoms. The fourth-order valence-corrected chi connectivity index (χ4v) is 2.70. The fraction of sp³-hybridized carbons (Fsp3) is 0.375. The lowest BCUT2D eigenvalue weighted by Crippen LogP contribution is -2.32. The van der Waals surface area contributed by atoms with E-state index in [1.807, 2.05) is 13.0 Å².